The number of thiazole rings is 1. The molecule has 1 fully saturated rings. The fraction of sp³-hybridized carbons (Fsp3) is 0.276. The predicted molar refractivity (Wildman–Crippen MR) is 152 cm³/mol. The van der Waals surface area contributed by atoms with Crippen molar-refractivity contribution in [3.05, 3.63) is 77.2 Å². The van der Waals surface area contributed by atoms with Gasteiger partial charge in [0.15, 0.2) is 16.7 Å². The van der Waals surface area contributed by atoms with E-state index < -0.39 is 0 Å². The van der Waals surface area contributed by atoms with E-state index in [0.29, 0.717) is 33.9 Å². The Balaban J connectivity index is 1.38. The first-order chi connectivity index (χ1) is 18.9. The van der Waals surface area contributed by atoms with Gasteiger partial charge in [-0.05, 0) is 61.7 Å². The van der Waals surface area contributed by atoms with E-state index in [1.54, 1.807) is 33.2 Å². The van der Waals surface area contributed by atoms with Gasteiger partial charge in [-0.3, -0.25) is 4.79 Å². The summed E-state index contributed by atoms with van der Waals surface area (Å²) in [6, 6.07) is 14.1. The number of hydrogen-bond donors (Lipinski definition) is 1. The molecule has 0 spiro atoms. The van der Waals surface area contributed by atoms with Crippen molar-refractivity contribution in [2.24, 2.45) is 0 Å². The van der Waals surface area contributed by atoms with Gasteiger partial charge >= 0.3 is 0 Å². The Morgan fingerprint density at radius 3 is 2.69 bits per heavy atom. The van der Waals surface area contributed by atoms with E-state index in [0.717, 1.165) is 47.2 Å². The number of rotatable bonds is 8. The van der Waals surface area contributed by atoms with Crippen LogP contribution in [0.1, 0.15) is 36.9 Å². The van der Waals surface area contributed by atoms with E-state index in [-0.39, 0.29) is 11.7 Å². The molecule has 3 heterocycles. The Bertz CT molecular complexity index is 1470. The van der Waals surface area contributed by atoms with Crippen molar-refractivity contribution in [2.45, 2.75) is 42.4 Å². The van der Waals surface area contributed by atoms with Crippen LogP contribution < -0.4 is 14.8 Å². The number of nitrogens with zero attached hydrogens (tertiary/aromatic N) is 3. The minimum absolute atomic E-state index is 0.122. The van der Waals surface area contributed by atoms with Crippen molar-refractivity contribution in [2.75, 3.05) is 25.5 Å². The summed E-state index contributed by atoms with van der Waals surface area (Å²) < 4.78 is 25.3. The number of halogens is 1. The highest BCUT2D eigenvalue weighted by molar-refractivity contribution is 7.99. The second kappa shape index (κ2) is 12.0. The van der Waals surface area contributed by atoms with Crippen LogP contribution in [-0.2, 0) is 4.79 Å². The van der Waals surface area contributed by atoms with Crippen LogP contribution in [0.3, 0.4) is 0 Å². The zero-order valence-corrected chi connectivity index (χ0v) is 23.6. The molecule has 0 unspecified atom stereocenters. The van der Waals surface area contributed by atoms with E-state index >= 15 is 0 Å². The summed E-state index contributed by atoms with van der Waals surface area (Å²) in [5, 5.41) is 6.10. The second-order valence-corrected chi connectivity index (χ2v) is 11.3. The molecule has 0 radical (unpaired) electrons. The van der Waals surface area contributed by atoms with Gasteiger partial charge in [-0.15, -0.1) is 11.3 Å². The van der Waals surface area contributed by atoms with Gasteiger partial charge in [0.05, 0.1) is 12.8 Å². The molecular formula is C29H29FN4O3S2. The van der Waals surface area contributed by atoms with Crippen LogP contribution in [0.5, 0.6) is 17.2 Å². The van der Waals surface area contributed by atoms with Gasteiger partial charge < -0.3 is 19.7 Å². The molecule has 1 N–H and O–H groups in total. The molecule has 1 aliphatic heterocycles. The van der Waals surface area contributed by atoms with Crippen LogP contribution in [0, 0.1) is 12.7 Å². The number of amides is 1. The number of hydrogen-bond acceptors (Lipinski definition) is 8. The molecular weight excluding hydrogens is 535 g/mol. The van der Waals surface area contributed by atoms with E-state index in [2.05, 4.69) is 15.7 Å². The van der Waals surface area contributed by atoms with Crippen molar-refractivity contribution in [1.82, 2.24) is 14.9 Å². The lowest BCUT2D eigenvalue weighted by Crippen LogP contribution is -2.36. The SMILES string of the molecule is COc1cccc(Sc2cnc(Nc3nc(C4CCN(C(C)=O)CC4)cs3)c(Oc3ccc(F)cc3C)c2)c1. The molecule has 5 rings (SSSR count). The van der Waals surface area contributed by atoms with Gasteiger partial charge in [0.25, 0.3) is 0 Å². The highest BCUT2D eigenvalue weighted by Crippen LogP contribution is 2.39. The number of carbonyl (C=O) groups is 1. The molecule has 10 heteroatoms. The number of aryl methyl sites for hydroxylation is 1. The van der Waals surface area contributed by atoms with Crippen molar-refractivity contribution in [3.8, 4) is 17.2 Å². The van der Waals surface area contributed by atoms with Gasteiger partial charge in [-0.2, -0.15) is 0 Å². The molecule has 0 bridgehead atoms. The third-order valence-corrected chi connectivity index (χ3v) is 8.29. The maximum atomic E-state index is 13.7. The number of benzene rings is 2. The van der Waals surface area contributed by atoms with Gasteiger partial charge in [-0.1, -0.05) is 17.8 Å². The first-order valence-electron chi connectivity index (χ1n) is 12.6. The van der Waals surface area contributed by atoms with E-state index in [1.165, 1.54) is 35.2 Å². The largest absolute Gasteiger partial charge is 0.497 e. The first-order valence-corrected chi connectivity index (χ1v) is 14.3. The van der Waals surface area contributed by atoms with E-state index in [1.807, 2.05) is 35.2 Å². The summed E-state index contributed by atoms with van der Waals surface area (Å²) in [6.45, 7) is 4.93. The molecule has 1 amide bonds. The molecule has 0 aliphatic carbocycles. The van der Waals surface area contributed by atoms with Crippen molar-refractivity contribution < 1.29 is 18.7 Å². The monoisotopic (exact) mass is 564 g/mol. The van der Waals surface area contributed by atoms with Gasteiger partial charge in [-0.25, -0.2) is 14.4 Å². The number of anilines is 2. The van der Waals surface area contributed by atoms with Crippen LogP contribution in [-0.4, -0.2) is 41.0 Å². The van der Waals surface area contributed by atoms with E-state index in [9.17, 15) is 9.18 Å². The summed E-state index contributed by atoms with van der Waals surface area (Å²) in [4.78, 5) is 24.9. The minimum atomic E-state index is -0.317. The summed E-state index contributed by atoms with van der Waals surface area (Å²) in [6.07, 6.45) is 3.58. The first kappa shape index (κ1) is 27.0. The van der Waals surface area contributed by atoms with Crippen molar-refractivity contribution >= 4 is 40.0 Å². The lowest BCUT2D eigenvalue weighted by atomic mass is 9.94. The molecule has 0 saturated carbocycles. The van der Waals surface area contributed by atoms with Crippen molar-refractivity contribution in [3.63, 3.8) is 0 Å². The van der Waals surface area contributed by atoms with Crippen LogP contribution >= 0.6 is 23.1 Å². The molecule has 0 atom stereocenters. The van der Waals surface area contributed by atoms with Crippen LogP contribution in [0.4, 0.5) is 15.3 Å². The zero-order valence-electron chi connectivity index (χ0n) is 21.9. The molecule has 2 aromatic carbocycles. The molecule has 1 saturated heterocycles. The second-order valence-electron chi connectivity index (χ2n) is 9.29. The third kappa shape index (κ3) is 6.69. The summed E-state index contributed by atoms with van der Waals surface area (Å²) in [5.74, 6) is 2.46. The van der Waals surface area contributed by atoms with Crippen LogP contribution in [0.25, 0.3) is 0 Å². The average molecular weight is 565 g/mol. The Morgan fingerprint density at radius 2 is 1.95 bits per heavy atom. The number of likely N-dealkylation sites (tertiary alicyclic amines) is 1. The fourth-order valence-corrected chi connectivity index (χ4v) is 6.08. The van der Waals surface area contributed by atoms with E-state index in [4.69, 9.17) is 14.5 Å². The van der Waals surface area contributed by atoms with Crippen LogP contribution in [0.15, 0.2) is 69.9 Å². The normalized spacial score (nSPS) is 13.8. The quantitative estimate of drug-likeness (QED) is 0.239. The van der Waals surface area contributed by atoms with Gasteiger partial charge in [0.1, 0.15) is 17.3 Å². The number of aromatic nitrogens is 2. The Hall–Kier alpha value is -3.63. The summed E-state index contributed by atoms with van der Waals surface area (Å²) >= 11 is 3.05. The number of pyridine rings is 1. The molecule has 202 valence electrons. The molecule has 7 nitrogen and oxygen atoms in total. The highest BCUT2D eigenvalue weighted by atomic mass is 32.2. The molecule has 4 aromatic rings. The highest BCUT2D eigenvalue weighted by Gasteiger charge is 2.24. The van der Waals surface area contributed by atoms with Crippen LogP contribution in [0.2, 0.25) is 0 Å². The number of ether oxygens (including phenoxy) is 2. The number of piperidine rings is 1. The number of methoxy groups -OCH3 is 1. The maximum Gasteiger partial charge on any atom is 0.219 e. The molecule has 2 aromatic heterocycles. The molecule has 1 aliphatic rings. The standard InChI is InChI=1S/C29H29FN4O3S2/c1-18-13-21(30)7-8-26(18)37-27-15-24(39-23-6-4-5-22(14-23)36-3)16-31-28(27)33-29-32-25(17-38-29)20-9-11-34(12-10-20)19(2)35/h4-8,13-17,20H,9-12H2,1-3H3,(H,31,32,33). The lowest BCUT2D eigenvalue weighted by Gasteiger charge is -2.30. The Labute approximate surface area is 235 Å². The number of nitrogens with one attached hydrogen (secondary N) is 1. The summed E-state index contributed by atoms with van der Waals surface area (Å²) in [5.41, 5.74) is 1.70. The topological polar surface area (TPSA) is 76.6 Å². The number of carbonyl (C=O) groups excluding carboxylic acids is 1. The van der Waals surface area contributed by atoms with Crippen molar-refractivity contribution in [1.29, 1.82) is 0 Å². The zero-order chi connectivity index (χ0) is 27.4. The molecule has 39 heavy (non-hydrogen) atoms. The third-order valence-electron chi connectivity index (χ3n) is 6.57. The summed E-state index contributed by atoms with van der Waals surface area (Å²) in [7, 11) is 1.64. The fourth-order valence-electron chi connectivity index (χ4n) is 4.42. The lowest BCUT2D eigenvalue weighted by molar-refractivity contribution is -0.129. The Kier molecular flexibility index (Phi) is 8.33. The minimum Gasteiger partial charge on any atom is -0.497 e. The smallest absolute Gasteiger partial charge is 0.219 e. The Morgan fingerprint density at radius 1 is 1.13 bits per heavy atom. The van der Waals surface area contributed by atoms with Gasteiger partial charge in [0.2, 0.25) is 5.91 Å². The maximum absolute atomic E-state index is 13.7. The predicted octanol–water partition coefficient (Wildman–Crippen LogP) is 7.41. The average Bonchev–Trinajstić information content (AvgIpc) is 3.40. The van der Waals surface area contributed by atoms with Gasteiger partial charge in [0, 0.05) is 53.4 Å².